The number of alkyl halides is 6. The number of rotatable bonds is 22. The van der Waals surface area contributed by atoms with Crippen molar-refractivity contribution in [1.29, 1.82) is 0 Å². The van der Waals surface area contributed by atoms with E-state index in [1.54, 1.807) is 48.5 Å². The van der Waals surface area contributed by atoms with Gasteiger partial charge in [-0.1, -0.05) is 36.4 Å². The molecule has 19 nitrogen and oxygen atoms in total. The number of carbonyl (C=O) groups excluding carboxylic acids is 6. The van der Waals surface area contributed by atoms with Gasteiger partial charge in [-0.15, -0.1) is 0 Å². The average molecular weight is 1160 g/mol. The normalized spacial score (nSPS) is 17.9. The molecule has 4 aromatic rings. The maximum absolute atomic E-state index is 14.9. The molecule has 4 aliphatic rings. The number of anilines is 4. The van der Waals surface area contributed by atoms with Gasteiger partial charge in [-0.2, -0.15) is 26.3 Å². The molecule has 83 heavy (non-hydrogen) atoms. The zero-order valence-electron chi connectivity index (χ0n) is 47.2. The first-order valence-corrected chi connectivity index (χ1v) is 27.1. The van der Waals surface area contributed by atoms with Gasteiger partial charge < -0.3 is 56.0 Å². The Morgan fingerprint density at radius 1 is 0.578 bits per heavy atom. The van der Waals surface area contributed by atoms with E-state index in [2.05, 4.69) is 10.6 Å². The zero-order chi connectivity index (χ0) is 60.3. The highest BCUT2D eigenvalue weighted by atomic mass is 19.4. The lowest BCUT2D eigenvalue weighted by Crippen LogP contribution is -2.53. The van der Waals surface area contributed by atoms with Crippen molar-refractivity contribution in [2.45, 2.75) is 37.3 Å². The topological polar surface area (TPSA) is 204 Å². The number of nitrogens with two attached hydrogens (primary N) is 2. The molecule has 0 spiro atoms. The second-order valence-electron chi connectivity index (χ2n) is 22.3. The first kappa shape index (κ1) is 60.9. The van der Waals surface area contributed by atoms with Crippen LogP contribution in [-0.2, 0) is 31.5 Å². The second-order valence-corrected chi connectivity index (χ2v) is 22.3. The van der Waals surface area contributed by atoms with Crippen molar-refractivity contribution >= 4 is 58.4 Å². The highest BCUT2D eigenvalue weighted by Gasteiger charge is 2.51. The maximum atomic E-state index is 14.9. The van der Waals surface area contributed by atoms with Gasteiger partial charge in [0, 0.05) is 63.5 Å². The highest BCUT2D eigenvalue weighted by Crippen LogP contribution is 2.46. The summed E-state index contributed by atoms with van der Waals surface area (Å²) < 4.78 is 85.6. The number of nitrogens with zero attached hydrogens (tertiary/aromatic N) is 9. The van der Waals surface area contributed by atoms with Crippen LogP contribution in [0, 0.1) is 0 Å². The highest BCUT2D eigenvalue weighted by molar-refractivity contribution is 6.09. The molecule has 0 saturated carbocycles. The van der Waals surface area contributed by atoms with Gasteiger partial charge in [0.2, 0.25) is 11.8 Å². The lowest BCUT2D eigenvalue weighted by Gasteiger charge is -2.41. The van der Waals surface area contributed by atoms with E-state index in [9.17, 15) is 55.1 Å². The molecule has 0 bridgehead atoms. The van der Waals surface area contributed by atoms with Gasteiger partial charge in [0.1, 0.15) is 13.1 Å². The van der Waals surface area contributed by atoms with Crippen molar-refractivity contribution in [1.82, 2.24) is 40.0 Å². The Kier molecular flexibility index (Phi) is 18.2. The van der Waals surface area contributed by atoms with E-state index in [1.165, 1.54) is 43.9 Å². The number of urea groups is 2. The number of amides is 8. The van der Waals surface area contributed by atoms with E-state index in [-0.39, 0.29) is 73.2 Å². The number of nitrogens with one attached hydrogen (secondary N) is 2. The van der Waals surface area contributed by atoms with Gasteiger partial charge in [0.25, 0.3) is 11.8 Å². The molecule has 444 valence electrons. The van der Waals surface area contributed by atoms with Crippen LogP contribution >= 0.6 is 0 Å². The predicted molar refractivity (Wildman–Crippen MR) is 301 cm³/mol. The quantitative estimate of drug-likeness (QED) is 0.0413. The third-order valence-corrected chi connectivity index (χ3v) is 15.1. The number of hydrogen-bond donors (Lipinski definition) is 4. The summed E-state index contributed by atoms with van der Waals surface area (Å²) in [6.45, 7) is 1.40. The first-order valence-electron chi connectivity index (χ1n) is 27.1. The second kappa shape index (κ2) is 24.7. The van der Waals surface area contributed by atoms with Crippen molar-refractivity contribution in [2.24, 2.45) is 0 Å². The predicted octanol–water partition coefficient (Wildman–Crippen LogP) is 5.96. The van der Waals surface area contributed by atoms with E-state index in [0.29, 0.717) is 66.0 Å². The number of benzene rings is 4. The number of likely N-dealkylation sites (N-methyl/N-ethyl adjacent to an activating group) is 2. The Morgan fingerprint density at radius 3 is 1.28 bits per heavy atom. The summed E-state index contributed by atoms with van der Waals surface area (Å²) in [6.07, 6.45) is -8.70. The summed E-state index contributed by atoms with van der Waals surface area (Å²) in [4.78, 5) is 98.0. The number of quaternary nitrogens is 1. The molecule has 25 heteroatoms. The molecule has 8 rings (SSSR count). The molecule has 0 aliphatic carbocycles. The van der Waals surface area contributed by atoms with Gasteiger partial charge in [0.05, 0.1) is 97.4 Å². The van der Waals surface area contributed by atoms with E-state index >= 15 is 0 Å². The van der Waals surface area contributed by atoms with Crippen LogP contribution in [0.3, 0.4) is 0 Å². The van der Waals surface area contributed by atoms with Crippen LogP contribution in [0.25, 0.3) is 0 Å². The summed E-state index contributed by atoms with van der Waals surface area (Å²) in [5.41, 5.74) is 12.1. The minimum atomic E-state index is -4.76. The molecular weight excluding hydrogens is 1090 g/mol. The van der Waals surface area contributed by atoms with Gasteiger partial charge in [-0.05, 0) is 100.0 Å². The van der Waals surface area contributed by atoms with Gasteiger partial charge >= 0.3 is 24.4 Å². The molecule has 0 unspecified atom stereocenters. The van der Waals surface area contributed by atoms with Gasteiger partial charge in [-0.25, -0.2) is 9.59 Å². The molecule has 0 fully saturated rings. The fourth-order valence-electron chi connectivity index (χ4n) is 10.9. The van der Waals surface area contributed by atoms with Crippen LogP contribution in [0.15, 0.2) is 120 Å². The molecule has 2 atom stereocenters. The summed E-state index contributed by atoms with van der Waals surface area (Å²) in [7, 11) is 11.2. The van der Waals surface area contributed by atoms with Crippen LogP contribution < -0.4 is 31.9 Å². The largest absolute Gasteiger partial charge is 0.416 e. The monoisotopic (exact) mass is 1160 g/mol. The lowest BCUT2D eigenvalue weighted by molar-refractivity contribution is -0.890. The standard InChI is InChI=1S/C58H69F6N13O6/c1-69(2)27-23-67-47(78)35-73-51(37-15-19-41(65)20-16-37)49-45(75(55(73)82)43-13-7-11-39(31-43)57(59,60)61)33-71(53(49)80)25-9-29-77(5,6)30-10-26-72-34-46-50(54(72)81)52(38-17-21-42(66)22-18-38)74(36-48(79)68-24-28-70(3)4)56(83)76(46)44-14-8-12-40(32-44)58(62,63)64/h7-8,11-22,31-32,51-52H,9-10,23-30,33-36,65-66H2,1-6H3,(H-,67,68,78,79)/p+1/t51-,52-/m1/s1. The summed E-state index contributed by atoms with van der Waals surface area (Å²) in [6, 6.07) is 17.6. The molecule has 4 aromatic carbocycles. The van der Waals surface area contributed by atoms with Crippen molar-refractivity contribution in [3.05, 3.63) is 142 Å². The molecule has 0 radical (unpaired) electrons. The number of halogens is 6. The zero-order valence-corrected chi connectivity index (χ0v) is 47.2. The Balaban J connectivity index is 1.01. The van der Waals surface area contributed by atoms with Crippen molar-refractivity contribution in [3.63, 3.8) is 0 Å². The number of nitrogen functional groups attached to an aromatic ring is 2. The Bertz CT molecular complexity index is 2960. The fraction of sp³-hybridized carbons (Fsp3) is 0.414. The summed E-state index contributed by atoms with van der Waals surface area (Å²) in [5, 5.41) is 5.58. The van der Waals surface area contributed by atoms with Gasteiger partial charge in [-0.3, -0.25) is 29.0 Å². The summed E-state index contributed by atoms with van der Waals surface area (Å²) >= 11 is 0. The first-order chi connectivity index (χ1) is 39.1. The minimum absolute atomic E-state index is 0.117. The molecule has 8 amide bonds. The van der Waals surface area contributed by atoms with Crippen LogP contribution in [0.5, 0.6) is 0 Å². The molecular formula is C58H70F6N13O6+. The van der Waals surface area contributed by atoms with Crippen LogP contribution in [0.4, 0.5) is 58.7 Å². The van der Waals surface area contributed by atoms with E-state index in [0.717, 1.165) is 34.1 Å². The van der Waals surface area contributed by atoms with Crippen LogP contribution in [0.1, 0.15) is 47.2 Å². The van der Waals surface area contributed by atoms with E-state index in [1.807, 2.05) is 52.1 Å². The lowest BCUT2D eigenvalue weighted by atomic mass is 9.93. The molecule has 6 N–H and O–H groups in total. The smallest absolute Gasteiger partial charge is 0.399 e. The van der Waals surface area contributed by atoms with E-state index < -0.39 is 84.3 Å². The van der Waals surface area contributed by atoms with Crippen molar-refractivity contribution in [2.75, 3.05) is 142 Å². The Morgan fingerprint density at radius 2 is 0.940 bits per heavy atom. The van der Waals surface area contributed by atoms with Crippen LogP contribution in [0.2, 0.25) is 0 Å². The Hall–Kier alpha value is -8.16. The van der Waals surface area contributed by atoms with E-state index in [4.69, 9.17) is 11.5 Å². The van der Waals surface area contributed by atoms with Crippen molar-refractivity contribution < 1.29 is 59.6 Å². The third kappa shape index (κ3) is 13.9. The minimum Gasteiger partial charge on any atom is -0.399 e. The SMILES string of the molecule is CN(C)CCNC(=O)CN1C(=O)N(c2cccc(C(F)(F)F)c2)C2=C(C(=O)N(CCC[N+](C)(C)CCCN3CC4=C(C3=O)[C@@H](c3ccc(N)cc3)N(CC(=O)NCCN(C)C)C(=O)N4c3cccc(C(F)(F)F)c3)C2)[C@H]1c1ccc(N)cc1. The fourth-order valence-corrected chi connectivity index (χ4v) is 10.9. The van der Waals surface area contributed by atoms with Crippen molar-refractivity contribution in [3.8, 4) is 0 Å². The number of hydrogen-bond acceptors (Lipinski definition) is 10. The number of carbonyl (C=O) groups is 6. The molecule has 0 aromatic heterocycles. The average Bonchev–Trinajstić information content (AvgIpc) is 2.47. The maximum Gasteiger partial charge on any atom is 0.416 e. The third-order valence-electron chi connectivity index (χ3n) is 15.1. The molecule has 4 aliphatic heterocycles. The van der Waals surface area contributed by atoms with Crippen LogP contribution in [-0.4, -0.2) is 190 Å². The molecule has 0 saturated heterocycles. The molecule has 4 heterocycles. The Labute approximate surface area is 477 Å². The van der Waals surface area contributed by atoms with Gasteiger partial charge in [0.15, 0.2) is 0 Å². The summed E-state index contributed by atoms with van der Waals surface area (Å²) in [5.74, 6) is -2.04.